The van der Waals surface area contributed by atoms with Gasteiger partial charge in [0.05, 0.1) is 12.1 Å². The molecule has 1 aromatic carbocycles. The van der Waals surface area contributed by atoms with Gasteiger partial charge in [-0.2, -0.15) is 0 Å². The van der Waals surface area contributed by atoms with Crippen molar-refractivity contribution in [2.24, 2.45) is 5.73 Å². The second-order valence-corrected chi connectivity index (χ2v) is 5.61. The van der Waals surface area contributed by atoms with Gasteiger partial charge in [-0.1, -0.05) is 30.3 Å². The summed E-state index contributed by atoms with van der Waals surface area (Å²) in [6.45, 7) is 2.32. The molecule has 2 aliphatic rings. The van der Waals surface area contributed by atoms with Crippen LogP contribution in [-0.2, 0) is 11.2 Å². The van der Waals surface area contributed by atoms with Crippen LogP contribution in [-0.4, -0.2) is 60.0 Å². The Morgan fingerprint density at radius 3 is 2.86 bits per heavy atom. The minimum absolute atomic E-state index is 0.0271. The zero-order valence-electron chi connectivity index (χ0n) is 11.9. The average Bonchev–Trinajstić information content (AvgIpc) is 2.88. The Morgan fingerprint density at radius 1 is 1.33 bits per heavy atom. The Labute approximate surface area is 123 Å². The second kappa shape index (κ2) is 5.73. The minimum Gasteiger partial charge on any atom is -0.337 e. The molecule has 2 heterocycles. The number of nitrogens with zero attached hydrogens (tertiary/aromatic N) is 2. The molecule has 1 aromatic rings. The van der Waals surface area contributed by atoms with Crippen LogP contribution in [0.3, 0.4) is 0 Å². The molecule has 0 spiro atoms. The molecular weight excluding hydrogens is 268 g/mol. The fourth-order valence-electron chi connectivity index (χ4n) is 2.99. The van der Waals surface area contributed by atoms with Crippen LogP contribution >= 0.6 is 0 Å². The first-order valence-corrected chi connectivity index (χ1v) is 7.28. The van der Waals surface area contributed by atoms with Gasteiger partial charge in [-0.25, -0.2) is 4.79 Å². The lowest BCUT2D eigenvalue weighted by molar-refractivity contribution is -0.134. The highest BCUT2D eigenvalue weighted by molar-refractivity contribution is 5.83. The Kier molecular flexibility index (Phi) is 3.79. The van der Waals surface area contributed by atoms with Gasteiger partial charge in [0, 0.05) is 26.2 Å². The third kappa shape index (κ3) is 2.85. The lowest BCUT2D eigenvalue weighted by Crippen LogP contribution is -2.57. The number of carbonyl (C=O) groups excluding carboxylic acids is 2. The molecule has 0 radical (unpaired) electrons. The van der Waals surface area contributed by atoms with E-state index in [1.165, 1.54) is 0 Å². The fourth-order valence-corrected chi connectivity index (χ4v) is 2.99. The number of fused-ring (bicyclic) bond motifs is 1. The van der Waals surface area contributed by atoms with Crippen molar-refractivity contribution in [3.63, 3.8) is 0 Å². The highest BCUT2D eigenvalue weighted by Crippen LogP contribution is 2.15. The molecule has 0 aromatic heterocycles. The third-order valence-corrected chi connectivity index (χ3v) is 4.16. The monoisotopic (exact) mass is 288 g/mol. The van der Waals surface area contributed by atoms with E-state index in [2.05, 4.69) is 5.32 Å². The van der Waals surface area contributed by atoms with Crippen LogP contribution in [0.5, 0.6) is 0 Å². The summed E-state index contributed by atoms with van der Waals surface area (Å²) in [7, 11) is 0. The Hall–Kier alpha value is -2.08. The highest BCUT2D eigenvalue weighted by atomic mass is 16.2. The maximum atomic E-state index is 12.4. The molecule has 3 amide bonds. The molecule has 21 heavy (non-hydrogen) atoms. The van der Waals surface area contributed by atoms with Crippen molar-refractivity contribution in [1.82, 2.24) is 15.1 Å². The van der Waals surface area contributed by atoms with Crippen molar-refractivity contribution < 1.29 is 9.59 Å². The van der Waals surface area contributed by atoms with Crippen molar-refractivity contribution in [2.75, 3.05) is 26.2 Å². The van der Waals surface area contributed by atoms with Gasteiger partial charge in [0.25, 0.3) is 0 Å². The predicted octanol–water partition coefficient (Wildman–Crippen LogP) is -0.208. The predicted molar refractivity (Wildman–Crippen MR) is 78.6 cm³/mol. The van der Waals surface area contributed by atoms with Gasteiger partial charge in [-0.3, -0.25) is 4.79 Å². The van der Waals surface area contributed by atoms with Crippen molar-refractivity contribution in [3.05, 3.63) is 35.9 Å². The van der Waals surface area contributed by atoms with Gasteiger partial charge >= 0.3 is 6.03 Å². The van der Waals surface area contributed by atoms with Gasteiger partial charge in [0.1, 0.15) is 0 Å². The summed E-state index contributed by atoms with van der Waals surface area (Å²) in [5.74, 6) is -0.0298. The molecule has 2 fully saturated rings. The van der Waals surface area contributed by atoms with Gasteiger partial charge in [-0.05, 0) is 12.0 Å². The lowest BCUT2D eigenvalue weighted by atomic mass is 10.0. The van der Waals surface area contributed by atoms with Crippen LogP contribution in [0.15, 0.2) is 30.3 Å². The molecule has 6 nitrogen and oxygen atoms in total. The lowest BCUT2D eigenvalue weighted by Gasteiger charge is -2.37. The number of amides is 3. The standard InChI is InChI=1S/C15H20N4O2/c16-13(8-11-4-2-1-3-5-11)14(20)18-6-7-19-12(10-18)9-17-15(19)21/h1-5,12-13H,6-10,16H2,(H,17,21)/t12?,13-/m0/s1. The van der Waals surface area contributed by atoms with E-state index in [-0.39, 0.29) is 18.0 Å². The zero-order valence-corrected chi connectivity index (χ0v) is 11.9. The molecule has 2 atom stereocenters. The molecule has 3 rings (SSSR count). The molecule has 0 bridgehead atoms. The summed E-state index contributed by atoms with van der Waals surface area (Å²) in [4.78, 5) is 27.6. The van der Waals surface area contributed by atoms with E-state index in [1.807, 2.05) is 30.3 Å². The molecule has 112 valence electrons. The van der Waals surface area contributed by atoms with Gasteiger partial charge in [0.2, 0.25) is 5.91 Å². The quantitative estimate of drug-likeness (QED) is 0.808. The number of hydrogen-bond acceptors (Lipinski definition) is 3. The zero-order chi connectivity index (χ0) is 14.8. The summed E-state index contributed by atoms with van der Waals surface area (Å²) in [6.07, 6.45) is 0.543. The number of carbonyl (C=O) groups is 2. The first kappa shape index (κ1) is 13.9. The molecule has 0 aliphatic carbocycles. The number of rotatable bonds is 3. The van der Waals surface area contributed by atoms with E-state index < -0.39 is 6.04 Å². The summed E-state index contributed by atoms with van der Waals surface area (Å²) >= 11 is 0. The Balaban J connectivity index is 1.59. The maximum Gasteiger partial charge on any atom is 0.317 e. The van der Waals surface area contributed by atoms with Gasteiger partial charge in [0.15, 0.2) is 0 Å². The van der Waals surface area contributed by atoms with E-state index in [9.17, 15) is 9.59 Å². The third-order valence-electron chi connectivity index (χ3n) is 4.16. The Morgan fingerprint density at radius 2 is 2.10 bits per heavy atom. The summed E-state index contributed by atoms with van der Waals surface area (Å²) in [5.41, 5.74) is 7.12. The number of benzene rings is 1. The van der Waals surface area contributed by atoms with E-state index in [0.717, 1.165) is 5.56 Å². The molecule has 3 N–H and O–H groups in total. The van der Waals surface area contributed by atoms with Crippen molar-refractivity contribution >= 4 is 11.9 Å². The van der Waals surface area contributed by atoms with Crippen molar-refractivity contribution in [1.29, 1.82) is 0 Å². The van der Waals surface area contributed by atoms with Gasteiger partial charge in [-0.15, -0.1) is 0 Å². The van der Waals surface area contributed by atoms with Crippen LogP contribution in [0, 0.1) is 0 Å². The number of nitrogens with two attached hydrogens (primary N) is 1. The largest absolute Gasteiger partial charge is 0.337 e. The van der Waals surface area contributed by atoms with Gasteiger partial charge < -0.3 is 20.9 Å². The smallest absolute Gasteiger partial charge is 0.317 e. The van der Waals surface area contributed by atoms with E-state index in [4.69, 9.17) is 5.73 Å². The van der Waals surface area contributed by atoms with Crippen LogP contribution in [0.1, 0.15) is 5.56 Å². The van der Waals surface area contributed by atoms with E-state index in [0.29, 0.717) is 32.6 Å². The first-order valence-electron chi connectivity index (χ1n) is 7.28. The molecule has 0 saturated carbocycles. The van der Waals surface area contributed by atoms with Crippen LogP contribution in [0.2, 0.25) is 0 Å². The summed E-state index contributed by atoms with van der Waals surface area (Å²) < 4.78 is 0. The topological polar surface area (TPSA) is 78.7 Å². The molecule has 2 aliphatic heterocycles. The summed E-state index contributed by atoms with van der Waals surface area (Å²) in [5, 5.41) is 2.81. The molecule has 6 heteroatoms. The Bertz CT molecular complexity index is 534. The highest BCUT2D eigenvalue weighted by Gasteiger charge is 2.37. The number of hydrogen-bond donors (Lipinski definition) is 2. The van der Waals surface area contributed by atoms with Crippen LogP contribution in [0.4, 0.5) is 4.79 Å². The van der Waals surface area contributed by atoms with Crippen LogP contribution in [0.25, 0.3) is 0 Å². The minimum atomic E-state index is -0.524. The average molecular weight is 288 g/mol. The maximum absolute atomic E-state index is 12.4. The molecular formula is C15H20N4O2. The fraction of sp³-hybridized carbons (Fsp3) is 0.467. The second-order valence-electron chi connectivity index (χ2n) is 5.61. The first-order chi connectivity index (χ1) is 10.1. The van der Waals surface area contributed by atoms with E-state index >= 15 is 0 Å². The van der Waals surface area contributed by atoms with Crippen molar-refractivity contribution in [2.45, 2.75) is 18.5 Å². The summed E-state index contributed by atoms with van der Waals surface area (Å²) in [6, 6.07) is 9.32. The SMILES string of the molecule is N[C@@H](Cc1ccccc1)C(=O)N1CCN2C(=O)NCC2C1. The molecule has 1 unspecified atom stereocenters. The molecule has 2 saturated heterocycles. The number of piperazine rings is 1. The normalized spacial score (nSPS) is 22.7. The number of nitrogens with one attached hydrogen (secondary N) is 1. The van der Waals surface area contributed by atoms with Crippen LogP contribution < -0.4 is 11.1 Å². The van der Waals surface area contributed by atoms with E-state index in [1.54, 1.807) is 9.80 Å². The van der Waals surface area contributed by atoms with Crippen molar-refractivity contribution in [3.8, 4) is 0 Å². The number of urea groups is 1.